The van der Waals surface area contributed by atoms with Crippen LogP contribution in [-0.4, -0.2) is 93.6 Å². The molecule has 62 heavy (non-hydrogen) atoms. The maximum atomic E-state index is 13.9. The van der Waals surface area contributed by atoms with Gasteiger partial charge in [-0.05, 0) is 92.2 Å². The van der Waals surface area contributed by atoms with Gasteiger partial charge in [0.05, 0.1) is 49.2 Å². The van der Waals surface area contributed by atoms with E-state index in [9.17, 15) is 19.2 Å². The van der Waals surface area contributed by atoms with Crippen molar-refractivity contribution < 1.29 is 28.7 Å². The van der Waals surface area contributed by atoms with Crippen LogP contribution < -0.4 is 10.6 Å². The first-order valence-corrected chi connectivity index (χ1v) is 20.4. The second kappa shape index (κ2) is 22.8. The predicted octanol–water partition coefficient (Wildman–Crippen LogP) is 7.06. The SMILES string of the molecule is COC(=O)NCCCC[C@H](C)C(=O)N1CCC[C@H]1c1ncc(-c2ccc(C#Cc3ccc4nc([C@@H]5CC6(CC6)CN5C(=O)[C@@H](NC(=O)OC)C(C)C)[nH]c4c3)cc2)[nH]1.S.S.S.S. The Morgan fingerprint density at radius 3 is 2.23 bits per heavy atom. The molecule has 2 aliphatic heterocycles. The van der Waals surface area contributed by atoms with Gasteiger partial charge < -0.3 is 39.9 Å². The Morgan fingerprint density at radius 1 is 0.855 bits per heavy atom. The van der Waals surface area contributed by atoms with E-state index in [1.54, 1.807) is 0 Å². The standard InChI is InChI=1S/C44H54N8O6.4H2S/c1-27(2)37(50-43(56)58-5)41(54)52-26-44(19-20-44)24-36(52)39-47-32-18-15-30(23-33(32)48-39)12-11-29-13-16-31(17-14-29)34-25-46-38(49-34)35-10-8-22-51(35)40(53)28(3)9-6-7-21-45-42(55)57-4;;;;/h13-18,23,25,27-28,35-37H,6-10,19-22,24,26H2,1-5H3,(H,45,55)(H,46,49)(H,47,48)(H,50,56);4*1H2/t28-,35-,36-,37-;;;;/m0..../s1. The molecule has 2 saturated heterocycles. The number of hydrogen-bond acceptors (Lipinski definition) is 8. The zero-order valence-corrected chi connectivity index (χ0v) is 40.0. The van der Waals surface area contributed by atoms with Gasteiger partial charge in [0.1, 0.15) is 17.7 Å². The van der Waals surface area contributed by atoms with Gasteiger partial charge in [-0.15, -0.1) is 0 Å². The lowest BCUT2D eigenvalue weighted by Crippen LogP contribution is -2.51. The molecule has 3 aliphatic rings. The van der Waals surface area contributed by atoms with Crippen LogP contribution in [0.2, 0.25) is 0 Å². The first kappa shape index (κ1) is 51.9. The Morgan fingerprint density at radius 2 is 1.55 bits per heavy atom. The fraction of sp³-hybridized carbons (Fsp3) is 0.500. The highest BCUT2D eigenvalue weighted by atomic mass is 32.1. The Balaban J connectivity index is 0.00000256. The summed E-state index contributed by atoms with van der Waals surface area (Å²) < 4.78 is 9.41. The summed E-state index contributed by atoms with van der Waals surface area (Å²) in [7, 11) is 2.65. The molecule has 4 aromatic rings. The molecule has 4 N–H and O–H groups in total. The predicted molar refractivity (Wildman–Crippen MR) is 260 cm³/mol. The minimum atomic E-state index is -0.692. The average molecular weight is 927 g/mol. The summed E-state index contributed by atoms with van der Waals surface area (Å²) in [6.45, 7) is 7.71. The largest absolute Gasteiger partial charge is 0.453 e. The normalized spacial score (nSPS) is 17.9. The minimum Gasteiger partial charge on any atom is -0.453 e. The van der Waals surface area contributed by atoms with E-state index in [-0.39, 0.29) is 95.1 Å². The first-order chi connectivity index (χ1) is 28.0. The van der Waals surface area contributed by atoms with E-state index in [0.29, 0.717) is 19.6 Å². The summed E-state index contributed by atoms with van der Waals surface area (Å²) in [5, 5.41) is 5.42. The number of amides is 4. The van der Waals surface area contributed by atoms with Crippen LogP contribution >= 0.6 is 54.0 Å². The summed E-state index contributed by atoms with van der Waals surface area (Å²) in [6, 6.07) is 12.9. The van der Waals surface area contributed by atoms with Crippen LogP contribution in [0.3, 0.4) is 0 Å². The van der Waals surface area contributed by atoms with Crippen molar-refractivity contribution in [1.82, 2.24) is 40.4 Å². The van der Waals surface area contributed by atoms with Crippen LogP contribution in [0.5, 0.6) is 0 Å². The second-order valence-electron chi connectivity index (χ2n) is 16.4. The van der Waals surface area contributed by atoms with Crippen LogP contribution in [0.15, 0.2) is 48.7 Å². The number of methoxy groups -OCH3 is 2. The highest BCUT2D eigenvalue weighted by molar-refractivity contribution is 7.59. The average Bonchev–Trinajstić information content (AvgIpc) is 3.72. The summed E-state index contributed by atoms with van der Waals surface area (Å²) in [5.41, 5.74) is 5.35. The van der Waals surface area contributed by atoms with Gasteiger partial charge in [-0.1, -0.05) is 51.2 Å². The fourth-order valence-corrected chi connectivity index (χ4v) is 8.30. The molecule has 1 spiro atoms. The van der Waals surface area contributed by atoms with Crippen molar-refractivity contribution in [2.45, 2.75) is 90.3 Å². The number of aromatic nitrogens is 4. The van der Waals surface area contributed by atoms with Crippen LogP contribution in [-0.2, 0) is 19.1 Å². The summed E-state index contributed by atoms with van der Waals surface area (Å²) in [5.74, 6) is 7.92. The number of imidazole rings is 2. The number of unbranched alkanes of at least 4 members (excludes halogenated alkanes) is 1. The number of nitrogens with zero attached hydrogens (tertiary/aromatic N) is 4. The molecule has 18 heteroatoms. The molecule has 1 saturated carbocycles. The lowest BCUT2D eigenvalue weighted by atomic mass is 10.0. The molecule has 0 bridgehead atoms. The number of fused-ring (bicyclic) bond motifs is 1. The number of ether oxygens (including phenoxy) is 2. The van der Waals surface area contributed by atoms with Crippen LogP contribution in [0.25, 0.3) is 22.3 Å². The van der Waals surface area contributed by atoms with Crippen molar-refractivity contribution >= 4 is 89.0 Å². The van der Waals surface area contributed by atoms with Crippen LogP contribution in [0, 0.1) is 29.1 Å². The van der Waals surface area contributed by atoms with E-state index < -0.39 is 18.2 Å². The van der Waals surface area contributed by atoms with Crippen molar-refractivity contribution in [3.8, 4) is 23.1 Å². The zero-order valence-electron chi connectivity index (χ0n) is 36.0. The third-order valence-corrected chi connectivity index (χ3v) is 11.9. The third-order valence-electron chi connectivity index (χ3n) is 11.9. The minimum absolute atomic E-state index is 0. The number of likely N-dealkylation sites (tertiary alicyclic amines) is 2. The molecule has 4 amide bonds. The van der Waals surface area contributed by atoms with Crippen molar-refractivity contribution in [2.24, 2.45) is 17.3 Å². The summed E-state index contributed by atoms with van der Waals surface area (Å²) in [4.78, 5) is 71.1. The Kier molecular flexibility index (Phi) is 19.1. The Bertz CT molecular complexity index is 2220. The number of carbonyl (C=O) groups is 4. The lowest BCUT2D eigenvalue weighted by molar-refractivity contribution is -0.136. The second-order valence-corrected chi connectivity index (χ2v) is 16.4. The molecular weight excluding hydrogens is 865 g/mol. The Hall–Kier alpha value is -4.44. The highest BCUT2D eigenvalue weighted by Gasteiger charge is 2.55. The maximum absolute atomic E-state index is 13.9. The number of H-pyrrole nitrogens is 2. The molecule has 7 rings (SSSR count). The Labute approximate surface area is 392 Å². The van der Waals surface area contributed by atoms with Gasteiger partial charge in [0.25, 0.3) is 0 Å². The number of rotatable bonds is 12. The fourth-order valence-electron chi connectivity index (χ4n) is 8.30. The molecule has 1 aliphatic carbocycles. The molecule has 4 atom stereocenters. The van der Waals surface area contributed by atoms with E-state index in [0.717, 1.165) is 96.4 Å². The molecule has 0 unspecified atom stereocenters. The van der Waals surface area contributed by atoms with Gasteiger partial charge in [0, 0.05) is 36.7 Å². The number of aromatic amines is 2. The molecule has 3 fully saturated rings. The molecule has 4 heterocycles. The van der Waals surface area contributed by atoms with E-state index in [2.05, 4.69) is 37.2 Å². The van der Waals surface area contributed by atoms with Gasteiger partial charge in [-0.25, -0.2) is 19.6 Å². The maximum Gasteiger partial charge on any atom is 0.407 e. The van der Waals surface area contributed by atoms with Gasteiger partial charge >= 0.3 is 12.2 Å². The third kappa shape index (κ3) is 12.0. The van der Waals surface area contributed by atoms with Gasteiger partial charge in [-0.2, -0.15) is 54.0 Å². The molecular formula is C44H62N8O6S4. The van der Waals surface area contributed by atoms with Crippen LogP contribution in [0.4, 0.5) is 9.59 Å². The topological polar surface area (TPSA) is 175 Å². The van der Waals surface area contributed by atoms with Crippen LogP contribution in [0.1, 0.15) is 107 Å². The molecule has 2 aromatic heterocycles. The van der Waals surface area contributed by atoms with Crippen molar-refractivity contribution in [2.75, 3.05) is 33.9 Å². The van der Waals surface area contributed by atoms with Gasteiger partial charge in [0.15, 0.2) is 0 Å². The smallest absolute Gasteiger partial charge is 0.407 e. The van der Waals surface area contributed by atoms with Crippen molar-refractivity contribution in [1.29, 1.82) is 0 Å². The van der Waals surface area contributed by atoms with Crippen molar-refractivity contribution in [3.05, 3.63) is 71.4 Å². The van der Waals surface area contributed by atoms with Gasteiger partial charge in [0.2, 0.25) is 11.8 Å². The summed E-state index contributed by atoms with van der Waals surface area (Å²) in [6.07, 6.45) is 7.95. The van der Waals surface area contributed by atoms with E-state index in [1.807, 2.05) is 79.2 Å². The molecule has 14 nitrogen and oxygen atoms in total. The first-order valence-electron chi connectivity index (χ1n) is 20.4. The summed E-state index contributed by atoms with van der Waals surface area (Å²) >= 11 is 0. The lowest BCUT2D eigenvalue weighted by Gasteiger charge is -2.30. The number of nitrogens with one attached hydrogen (secondary N) is 4. The zero-order chi connectivity index (χ0) is 41.0. The molecule has 0 radical (unpaired) electrons. The van der Waals surface area contributed by atoms with E-state index in [1.165, 1.54) is 14.2 Å². The molecule has 2 aromatic carbocycles. The number of hydrogen-bond donors (Lipinski definition) is 4. The van der Waals surface area contributed by atoms with E-state index >= 15 is 0 Å². The van der Waals surface area contributed by atoms with E-state index in [4.69, 9.17) is 14.7 Å². The number of alkyl carbamates (subject to hydrolysis) is 2. The molecule has 338 valence electrons. The number of carbonyl (C=O) groups excluding carboxylic acids is 4. The number of benzene rings is 2. The van der Waals surface area contributed by atoms with Crippen molar-refractivity contribution in [3.63, 3.8) is 0 Å². The highest BCUT2D eigenvalue weighted by Crippen LogP contribution is 2.58. The monoisotopic (exact) mass is 926 g/mol. The van der Waals surface area contributed by atoms with Gasteiger partial charge in [-0.3, -0.25) is 9.59 Å². The quantitative estimate of drug-likeness (QED) is 0.0863.